The lowest BCUT2D eigenvalue weighted by atomic mass is 9.99. The molecule has 0 N–H and O–H groups in total. The first-order valence-corrected chi connectivity index (χ1v) is 20.5. The molecule has 0 unspecified atom stereocenters. The van der Waals surface area contributed by atoms with Crippen molar-refractivity contribution >= 4 is 0 Å². The van der Waals surface area contributed by atoms with Gasteiger partial charge in [0.25, 0.3) is 0 Å². The van der Waals surface area contributed by atoms with Gasteiger partial charge in [-0.2, -0.15) is 0 Å². The molecule has 1 saturated heterocycles. The largest absolute Gasteiger partial charge is 0.497 e. The molecule has 1 aliphatic heterocycles. The van der Waals surface area contributed by atoms with E-state index >= 15 is 0 Å². The van der Waals surface area contributed by atoms with Gasteiger partial charge < -0.3 is 9.64 Å². The van der Waals surface area contributed by atoms with Crippen LogP contribution in [-0.4, -0.2) is 31.6 Å². The fourth-order valence-electron chi connectivity index (χ4n) is 7.16. The van der Waals surface area contributed by atoms with Crippen molar-refractivity contribution in [3.05, 3.63) is 53.1 Å². The van der Waals surface area contributed by atoms with E-state index in [-0.39, 0.29) is 0 Å². The van der Waals surface area contributed by atoms with Crippen molar-refractivity contribution in [3.63, 3.8) is 0 Å². The Balaban J connectivity index is 1.68. The van der Waals surface area contributed by atoms with Crippen LogP contribution >= 0.6 is 0 Å². The molecule has 0 aromatic heterocycles. The second kappa shape index (κ2) is 29.6. The standard InChI is InChI=1S/C44H77NO/c1-4-6-8-10-12-14-16-18-20-22-24-28-41(27-23-21-19-17-15-13-11-9-7-5-2)29-25-38-45-39-26-30-42(37-40-45)31-32-43-33-35-44(46-3)36-34-43/h28,31,33-36H,4-27,29-30,32,37-40H2,1-3H3/b41-28+,42-31-. The van der Waals surface area contributed by atoms with E-state index in [0.29, 0.717) is 0 Å². The second-order valence-corrected chi connectivity index (χ2v) is 14.5. The molecule has 0 spiro atoms. The zero-order valence-electron chi connectivity index (χ0n) is 31.2. The summed E-state index contributed by atoms with van der Waals surface area (Å²) in [6.07, 6.45) is 44.1. The van der Waals surface area contributed by atoms with Gasteiger partial charge in [0.2, 0.25) is 0 Å². The fraction of sp³-hybridized carbons (Fsp3) is 0.773. The van der Waals surface area contributed by atoms with Crippen molar-refractivity contribution in [2.75, 3.05) is 26.7 Å². The van der Waals surface area contributed by atoms with Crippen LogP contribution in [0.4, 0.5) is 0 Å². The van der Waals surface area contributed by atoms with E-state index in [2.05, 4.69) is 55.2 Å². The average Bonchev–Trinajstić information content (AvgIpc) is 3.32. The maximum atomic E-state index is 5.32. The zero-order chi connectivity index (χ0) is 32.8. The zero-order valence-corrected chi connectivity index (χ0v) is 31.2. The molecule has 1 aromatic rings. The number of unbranched alkanes of at least 4 members (excludes halogenated alkanes) is 19. The Hall–Kier alpha value is -1.54. The van der Waals surface area contributed by atoms with Crippen LogP contribution in [0, 0.1) is 0 Å². The van der Waals surface area contributed by atoms with Crippen LogP contribution in [0.2, 0.25) is 0 Å². The first kappa shape index (κ1) is 40.6. The molecule has 0 saturated carbocycles. The van der Waals surface area contributed by atoms with Crippen LogP contribution in [0.3, 0.4) is 0 Å². The van der Waals surface area contributed by atoms with Gasteiger partial charge in [0, 0.05) is 6.54 Å². The van der Waals surface area contributed by atoms with Gasteiger partial charge in [-0.15, -0.1) is 0 Å². The molecule has 1 heterocycles. The summed E-state index contributed by atoms with van der Waals surface area (Å²) in [6, 6.07) is 8.57. The number of allylic oxidation sites excluding steroid dienone is 3. The van der Waals surface area contributed by atoms with Crippen molar-refractivity contribution in [2.24, 2.45) is 0 Å². The second-order valence-electron chi connectivity index (χ2n) is 14.5. The van der Waals surface area contributed by atoms with E-state index in [1.165, 1.54) is 199 Å². The predicted octanol–water partition coefficient (Wildman–Crippen LogP) is 14.0. The summed E-state index contributed by atoms with van der Waals surface area (Å²) in [7, 11) is 1.74. The molecule has 1 fully saturated rings. The first-order valence-electron chi connectivity index (χ1n) is 20.5. The fourth-order valence-corrected chi connectivity index (χ4v) is 7.16. The summed E-state index contributed by atoms with van der Waals surface area (Å²) in [5.41, 5.74) is 4.83. The molecule has 1 aliphatic rings. The topological polar surface area (TPSA) is 12.5 Å². The third-order valence-electron chi connectivity index (χ3n) is 10.3. The molecule has 1 aromatic carbocycles. The number of hydrogen-bond acceptors (Lipinski definition) is 2. The number of rotatable bonds is 29. The van der Waals surface area contributed by atoms with Crippen molar-refractivity contribution in [3.8, 4) is 5.75 Å². The summed E-state index contributed by atoms with van der Waals surface area (Å²) in [6.45, 7) is 8.42. The third kappa shape index (κ3) is 22.1. The normalized spacial score (nSPS) is 15.5. The number of ether oxygens (including phenoxy) is 1. The summed E-state index contributed by atoms with van der Waals surface area (Å²) in [5.74, 6) is 0.946. The highest BCUT2D eigenvalue weighted by Gasteiger charge is 2.12. The minimum absolute atomic E-state index is 0.946. The van der Waals surface area contributed by atoms with Crippen molar-refractivity contribution in [1.29, 1.82) is 0 Å². The number of nitrogens with zero attached hydrogens (tertiary/aromatic N) is 1. The van der Waals surface area contributed by atoms with Gasteiger partial charge in [0.15, 0.2) is 0 Å². The summed E-state index contributed by atoms with van der Waals surface area (Å²) < 4.78 is 5.32. The quantitative estimate of drug-likeness (QED) is 0.0641. The van der Waals surface area contributed by atoms with E-state index in [1.807, 2.05) is 0 Å². The van der Waals surface area contributed by atoms with Gasteiger partial charge in [-0.3, -0.25) is 0 Å². The SMILES string of the molecule is CCCCCCCCCCCC/C=C(\CCCCCCCCCCCC)CCCN1CCC/C(=C/Cc2ccc(OC)cc2)CC1. The number of hydrogen-bond donors (Lipinski definition) is 0. The average molecular weight is 636 g/mol. The molecule has 264 valence electrons. The van der Waals surface area contributed by atoms with Crippen LogP contribution in [0.25, 0.3) is 0 Å². The maximum absolute atomic E-state index is 5.32. The highest BCUT2D eigenvalue weighted by molar-refractivity contribution is 5.28. The highest BCUT2D eigenvalue weighted by atomic mass is 16.5. The Kier molecular flexibility index (Phi) is 26.1. The van der Waals surface area contributed by atoms with Gasteiger partial charge in [-0.05, 0) is 95.0 Å². The molecule has 2 nitrogen and oxygen atoms in total. The smallest absolute Gasteiger partial charge is 0.118 e. The minimum Gasteiger partial charge on any atom is -0.497 e. The van der Waals surface area contributed by atoms with Crippen LogP contribution in [0.15, 0.2) is 47.6 Å². The lowest BCUT2D eigenvalue weighted by Crippen LogP contribution is -2.25. The molecule has 0 radical (unpaired) electrons. The van der Waals surface area contributed by atoms with Gasteiger partial charge >= 0.3 is 0 Å². The summed E-state index contributed by atoms with van der Waals surface area (Å²) in [5, 5.41) is 0. The van der Waals surface area contributed by atoms with Crippen LogP contribution in [0.1, 0.15) is 193 Å². The van der Waals surface area contributed by atoms with E-state index in [4.69, 9.17) is 4.74 Å². The summed E-state index contributed by atoms with van der Waals surface area (Å²) in [4.78, 5) is 2.76. The van der Waals surface area contributed by atoms with E-state index in [0.717, 1.165) is 12.2 Å². The van der Waals surface area contributed by atoms with Crippen LogP contribution in [-0.2, 0) is 6.42 Å². The monoisotopic (exact) mass is 636 g/mol. The molecule has 46 heavy (non-hydrogen) atoms. The molecule has 2 heteroatoms. The molecular formula is C44H77NO. The van der Waals surface area contributed by atoms with E-state index in [1.54, 1.807) is 18.3 Å². The Labute approximate surface area is 288 Å². The Bertz CT molecular complexity index is 868. The van der Waals surface area contributed by atoms with Gasteiger partial charge in [0.05, 0.1) is 7.11 Å². The Morgan fingerprint density at radius 2 is 1.17 bits per heavy atom. The third-order valence-corrected chi connectivity index (χ3v) is 10.3. The Morgan fingerprint density at radius 1 is 0.630 bits per heavy atom. The maximum Gasteiger partial charge on any atom is 0.118 e. The Morgan fingerprint density at radius 3 is 1.76 bits per heavy atom. The van der Waals surface area contributed by atoms with E-state index in [9.17, 15) is 0 Å². The molecule has 0 aliphatic carbocycles. The number of methoxy groups -OCH3 is 1. The van der Waals surface area contributed by atoms with Crippen LogP contribution < -0.4 is 4.74 Å². The van der Waals surface area contributed by atoms with E-state index < -0.39 is 0 Å². The van der Waals surface area contributed by atoms with Crippen molar-refractivity contribution in [2.45, 2.75) is 194 Å². The molecular weight excluding hydrogens is 558 g/mol. The molecule has 0 bridgehead atoms. The van der Waals surface area contributed by atoms with Gasteiger partial charge in [-0.25, -0.2) is 0 Å². The molecule has 2 rings (SSSR count). The minimum atomic E-state index is 0.946. The van der Waals surface area contributed by atoms with Crippen LogP contribution in [0.5, 0.6) is 5.75 Å². The predicted molar refractivity (Wildman–Crippen MR) is 205 cm³/mol. The van der Waals surface area contributed by atoms with Crippen molar-refractivity contribution in [1.82, 2.24) is 4.90 Å². The first-order chi connectivity index (χ1) is 22.7. The lowest BCUT2D eigenvalue weighted by molar-refractivity contribution is 0.282. The molecule has 0 amide bonds. The molecule has 0 atom stereocenters. The highest BCUT2D eigenvalue weighted by Crippen LogP contribution is 2.22. The van der Waals surface area contributed by atoms with Gasteiger partial charge in [0.1, 0.15) is 5.75 Å². The van der Waals surface area contributed by atoms with Crippen molar-refractivity contribution < 1.29 is 4.74 Å². The summed E-state index contributed by atoms with van der Waals surface area (Å²) >= 11 is 0. The lowest BCUT2D eigenvalue weighted by Gasteiger charge is -2.20. The van der Waals surface area contributed by atoms with Gasteiger partial charge in [-0.1, -0.05) is 165 Å². The number of benzene rings is 1. The number of likely N-dealkylation sites (tertiary alicyclic amines) is 1.